The largest absolute Gasteiger partial charge is 0.481 e. The molecule has 11 heavy (non-hydrogen) atoms. The number of halogens is 1. The van der Waals surface area contributed by atoms with Crippen molar-refractivity contribution in [2.24, 2.45) is 5.92 Å². The normalized spacial score (nSPS) is 31.5. The smallest absolute Gasteiger partial charge is 0.308 e. The summed E-state index contributed by atoms with van der Waals surface area (Å²) in [7, 11) is 1.97. The van der Waals surface area contributed by atoms with Crippen LogP contribution in [-0.4, -0.2) is 35.6 Å². The van der Waals surface area contributed by atoms with Gasteiger partial charge in [0.1, 0.15) is 0 Å². The monoisotopic (exact) mass is 179 g/mol. The molecule has 0 spiro atoms. The molecule has 1 N–H and O–H groups in total. The molecule has 0 radical (unpaired) electrons. The number of hydrogen-bond donors (Lipinski definition) is 1. The van der Waals surface area contributed by atoms with E-state index in [0.717, 1.165) is 13.0 Å². The van der Waals surface area contributed by atoms with Gasteiger partial charge >= 0.3 is 5.97 Å². The van der Waals surface area contributed by atoms with Crippen molar-refractivity contribution in [3.05, 3.63) is 0 Å². The first kappa shape index (κ1) is 10.7. The number of carbonyl (C=O) groups is 1. The van der Waals surface area contributed by atoms with Gasteiger partial charge < -0.3 is 10.0 Å². The van der Waals surface area contributed by atoms with E-state index < -0.39 is 5.97 Å². The Bertz CT molecular complexity index is 151. The summed E-state index contributed by atoms with van der Waals surface area (Å²) >= 11 is 0. The summed E-state index contributed by atoms with van der Waals surface area (Å²) in [5, 5.41) is 8.67. The zero-order valence-corrected chi connectivity index (χ0v) is 7.60. The van der Waals surface area contributed by atoms with E-state index in [4.69, 9.17) is 5.11 Å². The number of likely N-dealkylation sites (tertiary alicyclic amines) is 1. The van der Waals surface area contributed by atoms with Crippen molar-refractivity contribution in [3.8, 4) is 0 Å². The fourth-order valence-electron chi connectivity index (χ4n) is 1.42. The highest BCUT2D eigenvalue weighted by Crippen LogP contribution is 2.21. The van der Waals surface area contributed by atoms with Gasteiger partial charge in [0.2, 0.25) is 0 Å². The minimum atomic E-state index is -0.656. The van der Waals surface area contributed by atoms with Crippen LogP contribution in [0.1, 0.15) is 13.3 Å². The molecule has 0 bridgehead atoms. The maximum absolute atomic E-state index is 10.5. The van der Waals surface area contributed by atoms with Crippen molar-refractivity contribution >= 4 is 18.4 Å². The quantitative estimate of drug-likeness (QED) is 0.649. The number of rotatable bonds is 1. The summed E-state index contributed by atoms with van der Waals surface area (Å²) in [5.74, 6) is -0.804. The van der Waals surface area contributed by atoms with Crippen molar-refractivity contribution in [1.29, 1.82) is 0 Å². The van der Waals surface area contributed by atoms with Crippen molar-refractivity contribution < 1.29 is 9.90 Å². The highest BCUT2D eigenvalue weighted by atomic mass is 35.5. The topological polar surface area (TPSA) is 40.5 Å². The van der Waals surface area contributed by atoms with E-state index in [0.29, 0.717) is 0 Å². The molecule has 0 aromatic carbocycles. The molecular weight excluding hydrogens is 166 g/mol. The number of hydrogen-bond acceptors (Lipinski definition) is 2. The van der Waals surface area contributed by atoms with Crippen molar-refractivity contribution in [2.45, 2.75) is 19.4 Å². The zero-order valence-electron chi connectivity index (χ0n) is 6.78. The molecule has 1 fully saturated rings. The Morgan fingerprint density at radius 2 is 2.18 bits per heavy atom. The van der Waals surface area contributed by atoms with Crippen molar-refractivity contribution in [3.63, 3.8) is 0 Å². The Hall–Kier alpha value is -0.280. The van der Waals surface area contributed by atoms with Crippen LogP contribution in [0.15, 0.2) is 0 Å². The summed E-state index contributed by atoms with van der Waals surface area (Å²) in [6, 6.07) is 0.206. The maximum atomic E-state index is 10.5. The first-order valence-electron chi connectivity index (χ1n) is 3.56. The van der Waals surface area contributed by atoms with Crippen LogP contribution in [0, 0.1) is 5.92 Å². The molecular formula is C7H14ClNO2. The molecule has 0 saturated carbocycles. The number of carboxylic acids is 1. The molecule has 0 aliphatic carbocycles. The van der Waals surface area contributed by atoms with Gasteiger partial charge in [-0.3, -0.25) is 4.79 Å². The Labute approximate surface area is 72.8 Å². The van der Waals surface area contributed by atoms with Gasteiger partial charge in [-0.1, -0.05) is 0 Å². The van der Waals surface area contributed by atoms with Crippen LogP contribution in [0.2, 0.25) is 0 Å². The molecule has 0 aromatic rings. The lowest BCUT2D eigenvalue weighted by Gasteiger charge is -2.16. The van der Waals surface area contributed by atoms with Gasteiger partial charge in [0.05, 0.1) is 5.92 Å². The molecule has 1 heterocycles. The van der Waals surface area contributed by atoms with E-state index >= 15 is 0 Å². The minimum absolute atomic E-state index is 0. The third-order valence-electron chi connectivity index (χ3n) is 2.39. The average Bonchev–Trinajstić information content (AvgIpc) is 2.14. The van der Waals surface area contributed by atoms with Crippen LogP contribution in [0.5, 0.6) is 0 Å². The molecule has 0 amide bonds. The SMILES string of the molecule is CC1C(C(=O)O)CCN1C.Cl. The number of nitrogens with zero attached hydrogens (tertiary/aromatic N) is 1. The van der Waals surface area contributed by atoms with Crippen LogP contribution < -0.4 is 0 Å². The standard InChI is InChI=1S/C7H13NO2.ClH/c1-5-6(7(9)10)3-4-8(5)2;/h5-6H,3-4H2,1-2H3,(H,9,10);1H. The second kappa shape index (κ2) is 3.93. The Balaban J connectivity index is 0.000001000. The third-order valence-corrected chi connectivity index (χ3v) is 2.39. The van der Waals surface area contributed by atoms with E-state index in [9.17, 15) is 4.79 Å². The fourth-order valence-corrected chi connectivity index (χ4v) is 1.42. The van der Waals surface area contributed by atoms with E-state index in [1.165, 1.54) is 0 Å². The van der Waals surface area contributed by atoms with Crippen LogP contribution in [-0.2, 0) is 4.79 Å². The van der Waals surface area contributed by atoms with Gasteiger partial charge in [0.25, 0.3) is 0 Å². The summed E-state index contributed by atoms with van der Waals surface area (Å²) in [4.78, 5) is 12.6. The lowest BCUT2D eigenvalue weighted by atomic mass is 10.0. The van der Waals surface area contributed by atoms with E-state index in [1.807, 2.05) is 14.0 Å². The highest BCUT2D eigenvalue weighted by molar-refractivity contribution is 5.85. The summed E-state index contributed by atoms with van der Waals surface area (Å²) in [5.41, 5.74) is 0. The first-order chi connectivity index (χ1) is 4.63. The molecule has 1 rings (SSSR count). The fraction of sp³-hybridized carbons (Fsp3) is 0.857. The van der Waals surface area contributed by atoms with Gasteiger partial charge in [0, 0.05) is 6.04 Å². The Morgan fingerprint density at radius 1 is 1.64 bits per heavy atom. The minimum Gasteiger partial charge on any atom is -0.481 e. The van der Waals surface area contributed by atoms with Crippen LogP contribution in [0.25, 0.3) is 0 Å². The molecule has 0 aromatic heterocycles. The lowest BCUT2D eigenvalue weighted by Crippen LogP contribution is -2.29. The summed E-state index contributed by atoms with van der Waals surface area (Å²) in [6.45, 7) is 2.88. The van der Waals surface area contributed by atoms with E-state index in [-0.39, 0.29) is 24.4 Å². The lowest BCUT2D eigenvalue weighted by molar-refractivity contribution is -0.142. The molecule has 2 unspecified atom stereocenters. The molecule has 2 atom stereocenters. The van der Waals surface area contributed by atoms with Gasteiger partial charge in [-0.05, 0) is 26.9 Å². The zero-order chi connectivity index (χ0) is 7.72. The van der Waals surface area contributed by atoms with Crippen LogP contribution in [0.3, 0.4) is 0 Å². The van der Waals surface area contributed by atoms with Crippen LogP contribution in [0.4, 0.5) is 0 Å². The Morgan fingerprint density at radius 3 is 2.36 bits per heavy atom. The molecule has 3 nitrogen and oxygen atoms in total. The predicted molar refractivity (Wildman–Crippen MR) is 45.1 cm³/mol. The first-order valence-corrected chi connectivity index (χ1v) is 3.56. The second-order valence-electron chi connectivity index (χ2n) is 2.95. The van der Waals surface area contributed by atoms with Crippen LogP contribution >= 0.6 is 12.4 Å². The Kier molecular flexibility index (Phi) is 3.83. The van der Waals surface area contributed by atoms with Gasteiger partial charge in [-0.2, -0.15) is 0 Å². The highest BCUT2D eigenvalue weighted by Gasteiger charge is 2.32. The van der Waals surface area contributed by atoms with E-state index in [2.05, 4.69) is 4.90 Å². The average molecular weight is 180 g/mol. The molecule has 4 heteroatoms. The molecule has 1 aliphatic heterocycles. The second-order valence-corrected chi connectivity index (χ2v) is 2.95. The predicted octanol–water partition coefficient (Wildman–Crippen LogP) is 0.833. The van der Waals surface area contributed by atoms with Crippen molar-refractivity contribution in [2.75, 3.05) is 13.6 Å². The van der Waals surface area contributed by atoms with E-state index in [1.54, 1.807) is 0 Å². The summed E-state index contributed by atoms with van der Waals surface area (Å²) in [6.07, 6.45) is 0.799. The van der Waals surface area contributed by atoms with Gasteiger partial charge in [-0.25, -0.2) is 0 Å². The van der Waals surface area contributed by atoms with Gasteiger partial charge in [-0.15, -0.1) is 12.4 Å². The number of carboxylic acid groups (broad SMARTS) is 1. The van der Waals surface area contributed by atoms with Crippen molar-refractivity contribution in [1.82, 2.24) is 4.90 Å². The third kappa shape index (κ3) is 2.07. The molecule has 66 valence electrons. The summed E-state index contributed by atoms with van der Waals surface area (Å²) < 4.78 is 0. The maximum Gasteiger partial charge on any atom is 0.308 e. The molecule has 1 saturated heterocycles. The van der Waals surface area contributed by atoms with Gasteiger partial charge in [0.15, 0.2) is 0 Å². The number of aliphatic carboxylic acids is 1. The molecule has 1 aliphatic rings.